The maximum Gasteiger partial charge on any atom is 0.395 e. The maximum atomic E-state index is 11.8. The number of nitrogens with zero attached hydrogens (tertiary/aromatic N) is 3. The van der Waals surface area contributed by atoms with Crippen LogP contribution in [-0.2, 0) is 4.79 Å². The number of halogens is 3. The lowest BCUT2D eigenvalue weighted by Gasteiger charge is -2.05. The minimum absolute atomic E-state index is 0.0121. The highest BCUT2D eigenvalue weighted by atomic mass is 19.4. The van der Waals surface area contributed by atoms with Gasteiger partial charge < -0.3 is 0 Å². The molecule has 0 aromatic heterocycles. The van der Waals surface area contributed by atoms with Gasteiger partial charge in [-0.1, -0.05) is 30.8 Å². The van der Waals surface area contributed by atoms with Gasteiger partial charge >= 0.3 is 6.18 Å². The first kappa shape index (κ1) is 16.8. The Labute approximate surface area is 104 Å². The van der Waals surface area contributed by atoms with Crippen molar-refractivity contribution < 1.29 is 18.0 Å². The number of rotatable bonds is 10. The molecule has 0 aromatic carbocycles. The molecule has 0 heterocycles. The molecule has 7 heteroatoms. The van der Waals surface area contributed by atoms with E-state index in [4.69, 9.17) is 5.53 Å². The van der Waals surface area contributed by atoms with Crippen molar-refractivity contribution in [1.82, 2.24) is 0 Å². The first-order chi connectivity index (χ1) is 8.45. The summed E-state index contributed by atoms with van der Waals surface area (Å²) in [5.74, 6) is -0.731. The first-order valence-corrected chi connectivity index (χ1v) is 6.05. The predicted molar refractivity (Wildman–Crippen MR) is 62.0 cm³/mol. The number of alkyl halides is 3. The molecule has 104 valence electrons. The number of azide groups is 1. The summed E-state index contributed by atoms with van der Waals surface area (Å²) in [7, 11) is 0. The molecule has 0 atom stereocenters. The number of hydrogen-bond acceptors (Lipinski definition) is 2. The van der Waals surface area contributed by atoms with Crippen LogP contribution in [-0.4, -0.2) is 18.5 Å². The van der Waals surface area contributed by atoms with Crippen molar-refractivity contribution in [2.45, 2.75) is 57.5 Å². The average Bonchev–Trinajstić information content (AvgIpc) is 2.24. The van der Waals surface area contributed by atoms with E-state index in [1.165, 1.54) is 0 Å². The average molecular weight is 265 g/mol. The molecule has 0 N–H and O–H groups in total. The van der Waals surface area contributed by atoms with Gasteiger partial charge in [-0.05, 0) is 18.4 Å². The van der Waals surface area contributed by atoms with Gasteiger partial charge in [0.05, 0.1) is 0 Å². The SMILES string of the molecule is [N-]=[N+]=NCCCCCCCCC(=O)CC(F)(F)F. The quantitative estimate of drug-likeness (QED) is 0.247. The summed E-state index contributed by atoms with van der Waals surface area (Å²) in [6.45, 7) is 0.487. The first-order valence-electron chi connectivity index (χ1n) is 6.05. The van der Waals surface area contributed by atoms with E-state index in [9.17, 15) is 18.0 Å². The van der Waals surface area contributed by atoms with Gasteiger partial charge in [-0.2, -0.15) is 13.2 Å². The highest BCUT2D eigenvalue weighted by molar-refractivity contribution is 5.78. The van der Waals surface area contributed by atoms with Crippen molar-refractivity contribution in [3.8, 4) is 0 Å². The molecule has 0 fully saturated rings. The molecule has 0 bridgehead atoms. The lowest BCUT2D eigenvalue weighted by Crippen LogP contribution is -2.14. The Morgan fingerprint density at radius 1 is 1.06 bits per heavy atom. The smallest absolute Gasteiger partial charge is 0.299 e. The zero-order valence-corrected chi connectivity index (χ0v) is 10.2. The second kappa shape index (κ2) is 9.76. The van der Waals surface area contributed by atoms with E-state index < -0.39 is 18.4 Å². The second-order valence-corrected chi connectivity index (χ2v) is 4.16. The van der Waals surface area contributed by atoms with E-state index in [-0.39, 0.29) is 6.42 Å². The van der Waals surface area contributed by atoms with Gasteiger partial charge in [-0.25, -0.2) is 0 Å². The summed E-state index contributed by atoms with van der Waals surface area (Å²) in [5, 5.41) is 3.39. The molecule has 0 unspecified atom stereocenters. The van der Waals surface area contributed by atoms with E-state index in [0.29, 0.717) is 13.0 Å². The van der Waals surface area contributed by atoms with E-state index in [1.807, 2.05) is 0 Å². The fraction of sp³-hybridized carbons (Fsp3) is 0.909. The van der Waals surface area contributed by atoms with Crippen LogP contribution in [0, 0.1) is 0 Å². The molecule has 0 aliphatic rings. The monoisotopic (exact) mass is 265 g/mol. The van der Waals surface area contributed by atoms with Gasteiger partial charge in [-0.3, -0.25) is 4.79 Å². The van der Waals surface area contributed by atoms with Gasteiger partial charge in [0.25, 0.3) is 0 Å². The molecule has 18 heavy (non-hydrogen) atoms. The molecular weight excluding hydrogens is 247 g/mol. The van der Waals surface area contributed by atoms with Crippen LogP contribution in [0.15, 0.2) is 5.11 Å². The molecular formula is C11H18F3N3O. The third kappa shape index (κ3) is 12.8. The molecule has 0 amide bonds. The highest BCUT2D eigenvalue weighted by Crippen LogP contribution is 2.21. The predicted octanol–water partition coefficient (Wildman–Crippen LogP) is 4.55. The standard InChI is InChI=1S/C11H18F3N3O/c12-11(13,14)9-10(18)7-5-3-1-2-4-6-8-16-17-15/h1-9H2. The molecule has 0 aliphatic heterocycles. The minimum Gasteiger partial charge on any atom is -0.299 e. The zero-order valence-electron chi connectivity index (χ0n) is 10.2. The lowest BCUT2D eigenvalue weighted by atomic mass is 10.1. The van der Waals surface area contributed by atoms with Crippen LogP contribution < -0.4 is 0 Å². The molecule has 0 aliphatic carbocycles. The van der Waals surface area contributed by atoms with Crippen LogP contribution in [0.3, 0.4) is 0 Å². The Balaban J connectivity index is 3.30. The summed E-state index contributed by atoms with van der Waals surface area (Å²) in [4.78, 5) is 13.5. The topological polar surface area (TPSA) is 65.8 Å². The van der Waals surface area contributed by atoms with Gasteiger partial charge in [-0.15, -0.1) is 0 Å². The molecule has 0 saturated heterocycles. The number of hydrogen-bond donors (Lipinski definition) is 0. The van der Waals surface area contributed by atoms with Gasteiger partial charge in [0.1, 0.15) is 12.2 Å². The number of carbonyl (C=O) groups excluding carboxylic acids is 1. The number of unbranched alkanes of at least 4 members (excludes halogenated alkanes) is 5. The Hall–Kier alpha value is -1.23. The Bertz CT molecular complexity index is 286. The second-order valence-electron chi connectivity index (χ2n) is 4.16. The van der Waals surface area contributed by atoms with Crippen molar-refractivity contribution in [2.75, 3.05) is 6.54 Å². The van der Waals surface area contributed by atoms with Gasteiger partial charge in [0.2, 0.25) is 0 Å². The van der Waals surface area contributed by atoms with Gasteiger partial charge in [0, 0.05) is 17.9 Å². The fourth-order valence-electron chi connectivity index (χ4n) is 1.57. The van der Waals surface area contributed by atoms with Crippen molar-refractivity contribution in [3.05, 3.63) is 10.4 Å². The third-order valence-corrected chi connectivity index (χ3v) is 2.42. The van der Waals surface area contributed by atoms with Gasteiger partial charge in [0.15, 0.2) is 0 Å². The summed E-state index contributed by atoms with van der Waals surface area (Å²) in [6.07, 6.45) is -0.761. The number of carbonyl (C=O) groups is 1. The van der Waals surface area contributed by atoms with Crippen LogP contribution in [0.2, 0.25) is 0 Å². The van der Waals surface area contributed by atoms with Crippen LogP contribution in [0.4, 0.5) is 13.2 Å². The lowest BCUT2D eigenvalue weighted by molar-refractivity contribution is -0.152. The Morgan fingerprint density at radius 2 is 1.61 bits per heavy atom. The Morgan fingerprint density at radius 3 is 2.17 bits per heavy atom. The molecule has 0 spiro atoms. The van der Waals surface area contributed by atoms with E-state index in [0.717, 1.165) is 32.1 Å². The minimum atomic E-state index is -4.38. The molecule has 0 radical (unpaired) electrons. The summed E-state index contributed by atoms with van der Waals surface area (Å²) >= 11 is 0. The number of Topliss-reactive ketones (excluding diaryl/α,β-unsaturated/α-hetero) is 1. The van der Waals surface area contributed by atoms with E-state index in [2.05, 4.69) is 10.0 Å². The van der Waals surface area contributed by atoms with Crippen molar-refractivity contribution in [1.29, 1.82) is 0 Å². The summed E-state index contributed by atoms with van der Waals surface area (Å²) < 4.78 is 35.5. The van der Waals surface area contributed by atoms with Crippen LogP contribution in [0.25, 0.3) is 10.4 Å². The molecule has 4 nitrogen and oxygen atoms in total. The molecule has 0 saturated carbocycles. The van der Waals surface area contributed by atoms with Crippen LogP contribution >= 0.6 is 0 Å². The third-order valence-electron chi connectivity index (χ3n) is 2.42. The molecule has 0 aromatic rings. The van der Waals surface area contributed by atoms with Crippen molar-refractivity contribution >= 4 is 5.78 Å². The van der Waals surface area contributed by atoms with Crippen LogP contribution in [0.5, 0.6) is 0 Å². The number of ketones is 1. The van der Waals surface area contributed by atoms with Crippen LogP contribution in [0.1, 0.15) is 51.4 Å². The fourth-order valence-corrected chi connectivity index (χ4v) is 1.57. The van der Waals surface area contributed by atoms with E-state index >= 15 is 0 Å². The van der Waals surface area contributed by atoms with E-state index in [1.54, 1.807) is 0 Å². The van der Waals surface area contributed by atoms with Crippen molar-refractivity contribution in [3.63, 3.8) is 0 Å². The molecule has 0 rings (SSSR count). The largest absolute Gasteiger partial charge is 0.395 e. The highest BCUT2D eigenvalue weighted by Gasteiger charge is 2.30. The maximum absolute atomic E-state index is 11.8. The summed E-state index contributed by atoms with van der Waals surface area (Å²) in [5.41, 5.74) is 8.02. The normalized spacial score (nSPS) is 11.1. The summed E-state index contributed by atoms with van der Waals surface area (Å²) in [6, 6.07) is 0. The zero-order chi connectivity index (χ0) is 13.9. The Kier molecular flexibility index (Phi) is 9.10. The van der Waals surface area contributed by atoms with Crippen molar-refractivity contribution in [2.24, 2.45) is 5.11 Å².